The molecule has 0 aliphatic heterocycles. The number of benzene rings is 1. The lowest BCUT2D eigenvalue weighted by atomic mass is 10.1. The van der Waals surface area contributed by atoms with Gasteiger partial charge in [0.25, 0.3) is 0 Å². The van der Waals surface area contributed by atoms with E-state index in [0.29, 0.717) is 29.1 Å². The molecule has 3 nitrogen and oxygen atoms in total. The van der Waals surface area contributed by atoms with Gasteiger partial charge in [-0.05, 0) is 48.2 Å². The minimum Gasteiger partial charge on any atom is -0.335 e. The van der Waals surface area contributed by atoms with E-state index in [1.807, 2.05) is 23.1 Å². The zero-order valence-electron chi connectivity index (χ0n) is 12.0. The Bertz CT molecular complexity index is 672. The third-order valence-electron chi connectivity index (χ3n) is 3.77. The molecule has 0 radical (unpaired) electrons. The molecule has 1 heterocycles. The number of hydrogen-bond donors (Lipinski definition) is 0. The molecule has 1 aliphatic carbocycles. The molecule has 22 heavy (non-hydrogen) atoms. The number of halogens is 2. The molecular weight excluding hydrogens is 319 g/mol. The molecule has 0 bridgehead atoms. The van der Waals surface area contributed by atoms with Crippen molar-refractivity contribution in [3.8, 4) is 0 Å². The minimum absolute atomic E-state index is 0.100. The largest absolute Gasteiger partial charge is 0.335 e. The van der Waals surface area contributed by atoms with Gasteiger partial charge >= 0.3 is 0 Å². The molecule has 1 aromatic heterocycles. The van der Waals surface area contributed by atoms with E-state index in [9.17, 15) is 4.79 Å². The predicted octanol–water partition coefficient (Wildman–Crippen LogP) is 4.12. The van der Waals surface area contributed by atoms with Crippen molar-refractivity contribution in [1.29, 1.82) is 0 Å². The molecule has 3 rings (SSSR count). The highest BCUT2D eigenvalue weighted by molar-refractivity contribution is 6.35. The Kier molecular flexibility index (Phi) is 4.65. The van der Waals surface area contributed by atoms with Crippen molar-refractivity contribution in [1.82, 2.24) is 9.88 Å². The number of aromatic nitrogens is 1. The quantitative estimate of drug-likeness (QED) is 0.823. The maximum atomic E-state index is 12.7. The van der Waals surface area contributed by atoms with E-state index in [1.165, 1.54) is 0 Å². The third-order valence-corrected chi connectivity index (χ3v) is 4.35. The summed E-state index contributed by atoms with van der Waals surface area (Å²) in [5, 5.41) is 1.12. The molecule has 5 heteroatoms. The molecule has 1 aliphatic rings. The molecule has 1 saturated carbocycles. The van der Waals surface area contributed by atoms with Crippen LogP contribution in [0.4, 0.5) is 0 Å². The van der Waals surface area contributed by atoms with Crippen LogP contribution in [-0.2, 0) is 17.8 Å². The van der Waals surface area contributed by atoms with Crippen molar-refractivity contribution in [2.45, 2.75) is 31.8 Å². The van der Waals surface area contributed by atoms with Gasteiger partial charge in [0.2, 0.25) is 5.91 Å². The summed E-state index contributed by atoms with van der Waals surface area (Å²) in [6.45, 7) is 0.622. The van der Waals surface area contributed by atoms with Crippen molar-refractivity contribution in [2.75, 3.05) is 0 Å². The van der Waals surface area contributed by atoms with Crippen LogP contribution >= 0.6 is 23.2 Å². The Morgan fingerprint density at radius 3 is 2.55 bits per heavy atom. The van der Waals surface area contributed by atoms with E-state index in [0.717, 1.165) is 24.0 Å². The summed E-state index contributed by atoms with van der Waals surface area (Å²) in [6, 6.07) is 9.50. The van der Waals surface area contributed by atoms with Crippen LogP contribution in [0.2, 0.25) is 10.0 Å². The Balaban J connectivity index is 1.73. The fourth-order valence-corrected chi connectivity index (χ4v) is 2.90. The fourth-order valence-electron chi connectivity index (χ4n) is 2.42. The van der Waals surface area contributed by atoms with Gasteiger partial charge in [-0.2, -0.15) is 0 Å². The van der Waals surface area contributed by atoms with E-state index in [2.05, 4.69) is 4.98 Å². The molecule has 2 aromatic rings. The summed E-state index contributed by atoms with van der Waals surface area (Å²) in [6.07, 6.45) is 5.95. The number of hydrogen-bond acceptors (Lipinski definition) is 2. The summed E-state index contributed by atoms with van der Waals surface area (Å²) in [5.41, 5.74) is 1.91. The summed E-state index contributed by atoms with van der Waals surface area (Å²) < 4.78 is 0. The fraction of sp³-hybridized carbons (Fsp3) is 0.294. The minimum atomic E-state index is 0.100. The average molecular weight is 335 g/mol. The number of carbonyl (C=O) groups is 1. The predicted molar refractivity (Wildman–Crippen MR) is 88.0 cm³/mol. The molecule has 1 amide bonds. The summed E-state index contributed by atoms with van der Waals surface area (Å²) in [5.74, 6) is 0.100. The van der Waals surface area contributed by atoms with E-state index < -0.39 is 0 Å². The second kappa shape index (κ2) is 6.67. The molecule has 0 spiro atoms. The van der Waals surface area contributed by atoms with Gasteiger partial charge in [0, 0.05) is 35.0 Å². The summed E-state index contributed by atoms with van der Waals surface area (Å²) >= 11 is 12.1. The van der Waals surface area contributed by atoms with Crippen LogP contribution in [0.15, 0.2) is 42.7 Å². The molecule has 1 fully saturated rings. The Morgan fingerprint density at radius 1 is 1.18 bits per heavy atom. The van der Waals surface area contributed by atoms with Crippen molar-refractivity contribution in [3.05, 3.63) is 63.9 Å². The van der Waals surface area contributed by atoms with Crippen LogP contribution in [0.1, 0.15) is 24.0 Å². The summed E-state index contributed by atoms with van der Waals surface area (Å²) in [7, 11) is 0. The number of rotatable bonds is 5. The second-order valence-electron chi connectivity index (χ2n) is 5.52. The van der Waals surface area contributed by atoms with Gasteiger partial charge < -0.3 is 4.90 Å². The van der Waals surface area contributed by atoms with Crippen molar-refractivity contribution < 1.29 is 4.79 Å². The lowest BCUT2D eigenvalue weighted by molar-refractivity contribution is -0.131. The van der Waals surface area contributed by atoms with Crippen LogP contribution < -0.4 is 0 Å². The van der Waals surface area contributed by atoms with Gasteiger partial charge in [0.1, 0.15) is 0 Å². The summed E-state index contributed by atoms with van der Waals surface area (Å²) in [4.78, 5) is 18.6. The first-order chi connectivity index (χ1) is 10.6. The maximum absolute atomic E-state index is 12.7. The monoisotopic (exact) mass is 334 g/mol. The van der Waals surface area contributed by atoms with Crippen molar-refractivity contribution >= 4 is 29.1 Å². The molecule has 1 aromatic carbocycles. The molecule has 0 unspecified atom stereocenters. The Hall–Kier alpha value is -1.58. The first-order valence-corrected chi connectivity index (χ1v) is 8.01. The highest BCUT2D eigenvalue weighted by Gasteiger charge is 2.32. The van der Waals surface area contributed by atoms with Gasteiger partial charge in [-0.15, -0.1) is 0 Å². The van der Waals surface area contributed by atoms with Gasteiger partial charge in [0.05, 0.1) is 6.42 Å². The van der Waals surface area contributed by atoms with Crippen LogP contribution in [0.5, 0.6) is 0 Å². The Morgan fingerprint density at radius 2 is 1.91 bits per heavy atom. The number of carbonyl (C=O) groups excluding carboxylic acids is 1. The van der Waals surface area contributed by atoms with Crippen LogP contribution in [0.3, 0.4) is 0 Å². The zero-order valence-corrected chi connectivity index (χ0v) is 13.5. The molecule has 0 N–H and O–H groups in total. The number of nitrogens with zero attached hydrogens (tertiary/aromatic N) is 2. The second-order valence-corrected chi connectivity index (χ2v) is 6.36. The Labute approximate surface area is 139 Å². The van der Waals surface area contributed by atoms with Gasteiger partial charge in [-0.1, -0.05) is 29.3 Å². The van der Waals surface area contributed by atoms with Crippen LogP contribution in [-0.4, -0.2) is 21.8 Å². The third kappa shape index (κ3) is 3.79. The standard InChI is InChI=1S/C17H16Cl2N2O/c18-14-2-1-13(16(19)10-14)9-17(22)21(15-3-4-15)11-12-5-7-20-8-6-12/h1-2,5-8,10,15H,3-4,9,11H2. The van der Waals surface area contributed by atoms with Crippen molar-refractivity contribution in [3.63, 3.8) is 0 Å². The maximum Gasteiger partial charge on any atom is 0.227 e. The number of pyridine rings is 1. The normalized spacial score (nSPS) is 13.9. The topological polar surface area (TPSA) is 33.2 Å². The highest BCUT2D eigenvalue weighted by Crippen LogP contribution is 2.30. The number of amides is 1. The van der Waals surface area contributed by atoms with Gasteiger partial charge in [-0.3, -0.25) is 9.78 Å². The highest BCUT2D eigenvalue weighted by atomic mass is 35.5. The van der Waals surface area contributed by atoms with E-state index in [-0.39, 0.29) is 5.91 Å². The van der Waals surface area contributed by atoms with Gasteiger partial charge in [0.15, 0.2) is 0 Å². The van der Waals surface area contributed by atoms with E-state index in [1.54, 1.807) is 24.5 Å². The van der Waals surface area contributed by atoms with E-state index >= 15 is 0 Å². The first-order valence-electron chi connectivity index (χ1n) is 7.26. The molecule has 0 saturated heterocycles. The average Bonchev–Trinajstić information content (AvgIpc) is 3.33. The van der Waals surface area contributed by atoms with Gasteiger partial charge in [-0.25, -0.2) is 0 Å². The molecule has 0 atom stereocenters. The molecular formula is C17H16Cl2N2O. The van der Waals surface area contributed by atoms with Crippen LogP contribution in [0, 0.1) is 0 Å². The lowest BCUT2D eigenvalue weighted by Crippen LogP contribution is -2.33. The first kappa shape index (κ1) is 15.3. The molecule has 114 valence electrons. The SMILES string of the molecule is O=C(Cc1ccc(Cl)cc1Cl)N(Cc1ccncc1)C1CC1. The van der Waals surface area contributed by atoms with E-state index in [4.69, 9.17) is 23.2 Å². The van der Waals surface area contributed by atoms with Crippen molar-refractivity contribution in [2.24, 2.45) is 0 Å². The smallest absolute Gasteiger partial charge is 0.227 e. The zero-order chi connectivity index (χ0) is 15.5. The lowest BCUT2D eigenvalue weighted by Gasteiger charge is -2.23. The van der Waals surface area contributed by atoms with Crippen LogP contribution in [0.25, 0.3) is 0 Å².